The van der Waals surface area contributed by atoms with E-state index in [0.717, 1.165) is 6.54 Å². The maximum absolute atomic E-state index is 11.3. The molecule has 0 saturated carbocycles. The summed E-state index contributed by atoms with van der Waals surface area (Å²) in [5, 5.41) is 5.75. The Labute approximate surface area is 90.4 Å². The lowest BCUT2D eigenvalue weighted by atomic mass is 10.0. The van der Waals surface area contributed by atoms with Crippen molar-refractivity contribution >= 4 is 17.8 Å². The first-order valence-electron chi connectivity index (χ1n) is 5.30. The molecule has 0 aromatic rings. The predicted octanol–water partition coefficient (Wildman–Crippen LogP) is 1.84. The highest BCUT2D eigenvalue weighted by Gasteiger charge is 2.14. The second-order valence-corrected chi connectivity index (χ2v) is 5.29. The lowest BCUT2D eigenvalue weighted by Gasteiger charge is -2.21. The van der Waals surface area contributed by atoms with Crippen LogP contribution in [0.15, 0.2) is 0 Å². The Morgan fingerprint density at radius 3 is 2.64 bits per heavy atom. The molecule has 1 fully saturated rings. The van der Waals surface area contributed by atoms with Gasteiger partial charge in [0, 0.05) is 12.6 Å². The van der Waals surface area contributed by atoms with Gasteiger partial charge in [0.2, 0.25) is 0 Å². The van der Waals surface area contributed by atoms with E-state index in [0.29, 0.717) is 5.92 Å². The van der Waals surface area contributed by atoms with Crippen molar-refractivity contribution in [3.05, 3.63) is 0 Å². The summed E-state index contributed by atoms with van der Waals surface area (Å²) in [7, 11) is 0. The largest absolute Gasteiger partial charge is 0.338 e. The average molecular weight is 216 g/mol. The van der Waals surface area contributed by atoms with Gasteiger partial charge < -0.3 is 10.6 Å². The Morgan fingerprint density at radius 2 is 2.07 bits per heavy atom. The fourth-order valence-electron chi connectivity index (χ4n) is 1.50. The number of nitrogens with one attached hydrogen (secondary N) is 2. The molecule has 1 aliphatic heterocycles. The first-order chi connectivity index (χ1) is 6.68. The monoisotopic (exact) mass is 216 g/mol. The molecule has 0 atom stereocenters. The summed E-state index contributed by atoms with van der Waals surface area (Å²) in [6, 6.07) is 0.190. The number of carbonyl (C=O) groups excluding carboxylic acids is 1. The second kappa shape index (κ2) is 6.17. The topological polar surface area (TPSA) is 41.1 Å². The lowest BCUT2D eigenvalue weighted by molar-refractivity contribution is 0.236. The summed E-state index contributed by atoms with van der Waals surface area (Å²) in [5.41, 5.74) is 0. The highest BCUT2D eigenvalue weighted by atomic mass is 32.2. The average Bonchev–Trinajstić information content (AvgIpc) is 2.15. The number of hydrogen-bond acceptors (Lipinski definition) is 2. The van der Waals surface area contributed by atoms with Crippen molar-refractivity contribution in [3.8, 4) is 0 Å². The lowest BCUT2D eigenvalue weighted by Crippen LogP contribution is -2.41. The van der Waals surface area contributed by atoms with Crippen LogP contribution in [0.5, 0.6) is 0 Å². The zero-order valence-corrected chi connectivity index (χ0v) is 9.82. The maximum Gasteiger partial charge on any atom is 0.314 e. The van der Waals surface area contributed by atoms with Gasteiger partial charge in [-0.25, -0.2) is 4.79 Å². The van der Waals surface area contributed by atoms with Gasteiger partial charge in [-0.2, -0.15) is 11.8 Å². The van der Waals surface area contributed by atoms with Crippen LogP contribution in [0.25, 0.3) is 0 Å². The first-order valence-corrected chi connectivity index (χ1v) is 6.46. The zero-order chi connectivity index (χ0) is 10.4. The van der Waals surface area contributed by atoms with Crippen LogP contribution >= 0.6 is 11.8 Å². The van der Waals surface area contributed by atoms with Gasteiger partial charge in [0.25, 0.3) is 0 Å². The molecule has 0 aromatic carbocycles. The molecule has 0 unspecified atom stereocenters. The van der Waals surface area contributed by atoms with Crippen LogP contribution in [0.1, 0.15) is 26.7 Å². The van der Waals surface area contributed by atoms with E-state index in [1.54, 1.807) is 0 Å². The van der Waals surface area contributed by atoms with Gasteiger partial charge in [0.05, 0.1) is 0 Å². The van der Waals surface area contributed by atoms with Gasteiger partial charge in [0.1, 0.15) is 0 Å². The van der Waals surface area contributed by atoms with Crippen LogP contribution in [0, 0.1) is 5.92 Å². The minimum absolute atomic E-state index is 0.0294. The van der Waals surface area contributed by atoms with E-state index in [1.165, 1.54) is 24.3 Å². The van der Waals surface area contributed by atoms with E-state index in [-0.39, 0.29) is 12.1 Å². The molecule has 4 heteroatoms. The molecule has 1 aliphatic rings. The Kier molecular flexibility index (Phi) is 5.15. The number of rotatable bonds is 3. The van der Waals surface area contributed by atoms with Gasteiger partial charge in [-0.15, -0.1) is 0 Å². The number of carbonyl (C=O) groups is 1. The molecule has 0 spiro atoms. The minimum atomic E-state index is -0.0294. The Hall–Kier alpha value is -0.380. The Bertz CT molecular complexity index is 179. The highest BCUT2D eigenvalue weighted by molar-refractivity contribution is 7.99. The number of amides is 2. The van der Waals surface area contributed by atoms with Crippen LogP contribution in [0.2, 0.25) is 0 Å². The van der Waals surface area contributed by atoms with Crippen molar-refractivity contribution in [2.24, 2.45) is 5.92 Å². The van der Waals surface area contributed by atoms with E-state index < -0.39 is 0 Å². The third-order valence-electron chi connectivity index (χ3n) is 2.31. The van der Waals surface area contributed by atoms with Gasteiger partial charge in [0.15, 0.2) is 0 Å². The molecule has 0 aliphatic carbocycles. The number of urea groups is 1. The molecule has 0 aromatic heterocycles. The zero-order valence-electron chi connectivity index (χ0n) is 9.01. The van der Waals surface area contributed by atoms with Crippen LogP contribution in [0.3, 0.4) is 0 Å². The predicted molar refractivity (Wildman–Crippen MR) is 61.7 cm³/mol. The van der Waals surface area contributed by atoms with Crippen LogP contribution in [-0.4, -0.2) is 30.1 Å². The summed E-state index contributed by atoms with van der Waals surface area (Å²) < 4.78 is 0. The third-order valence-corrected chi connectivity index (χ3v) is 3.36. The molecule has 14 heavy (non-hydrogen) atoms. The molecule has 1 rings (SSSR count). The molecular weight excluding hydrogens is 196 g/mol. The molecule has 1 heterocycles. The van der Waals surface area contributed by atoms with Crippen molar-refractivity contribution in [1.29, 1.82) is 0 Å². The quantitative estimate of drug-likeness (QED) is 0.756. The van der Waals surface area contributed by atoms with Crippen molar-refractivity contribution in [2.45, 2.75) is 32.7 Å². The van der Waals surface area contributed by atoms with Crippen LogP contribution < -0.4 is 10.6 Å². The SMILES string of the molecule is CC(C)NC(=O)NCC1CCSCC1. The van der Waals surface area contributed by atoms with Crippen molar-refractivity contribution in [1.82, 2.24) is 10.6 Å². The van der Waals surface area contributed by atoms with Crippen LogP contribution in [0.4, 0.5) is 4.79 Å². The molecule has 1 saturated heterocycles. The summed E-state index contributed by atoms with van der Waals surface area (Å²) in [6.07, 6.45) is 2.49. The fourth-order valence-corrected chi connectivity index (χ4v) is 2.70. The Balaban J connectivity index is 2.09. The van der Waals surface area contributed by atoms with Gasteiger partial charge >= 0.3 is 6.03 Å². The van der Waals surface area contributed by atoms with Crippen LogP contribution in [-0.2, 0) is 0 Å². The molecule has 2 N–H and O–H groups in total. The summed E-state index contributed by atoms with van der Waals surface area (Å²) in [5.74, 6) is 3.19. The van der Waals surface area contributed by atoms with Crippen molar-refractivity contribution in [2.75, 3.05) is 18.1 Å². The molecular formula is C10H20N2OS. The Morgan fingerprint density at radius 1 is 1.43 bits per heavy atom. The third kappa shape index (κ3) is 4.74. The van der Waals surface area contributed by atoms with E-state index in [1.807, 2.05) is 25.6 Å². The number of thioether (sulfide) groups is 1. The molecule has 3 nitrogen and oxygen atoms in total. The van der Waals surface area contributed by atoms with Gasteiger partial charge in [-0.05, 0) is 44.1 Å². The van der Waals surface area contributed by atoms with E-state index >= 15 is 0 Å². The summed E-state index contributed by atoms with van der Waals surface area (Å²) in [4.78, 5) is 11.3. The number of hydrogen-bond donors (Lipinski definition) is 2. The van der Waals surface area contributed by atoms with Crippen molar-refractivity contribution in [3.63, 3.8) is 0 Å². The molecule has 0 radical (unpaired) electrons. The molecule has 2 amide bonds. The second-order valence-electron chi connectivity index (χ2n) is 4.06. The van der Waals surface area contributed by atoms with Gasteiger partial charge in [-0.3, -0.25) is 0 Å². The first kappa shape index (κ1) is 11.7. The maximum atomic E-state index is 11.3. The minimum Gasteiger partial charge on any atom is -0.338 e. The summed E-state index contributed by atoms with van der Waals surface area (Å²) in [6.45, 7) is 4.77. The highest BCUT2D eigenvalue weighted by Crippen LogP contribution is 2.21. The normalized spacial score (nSPS) is 18.2. The van der Waals surface area contributed by atoms with Crippen molar-refractivity contribution < 1.29 is 4.79 Å². The molecule has 0 bridgehead atoms. The summed E-state index contributed by atoms with van der Waals surface area (Å²) >= 11 is 2.02. The van der Waals surface area contributed by atoms with E-state index in [9.17, 15) is 4.79 Å². The van der Waals surface area contributed by atoms with E-state index in [2.05, 4.69) is 10.6 Å². The van der Waals surface area contributed by atoms with Gasteiger partial charge in [-0.1, -0.05) is 0 Å². The molecule has 82 valence electrons. The fraction of sp³-hybridized carbons (Fsp3) is 0.900. The van der Waals surface area contributed by atoms with E-state index in [4.69, 9.17) is 0 Å². The smallest absolute Gasteiger partial charge is 0.314 e. The standard InChI is InChI=1S/C10H20N2OS/c1-8(2)12-10(13)11-7-9-3-5-14-6-4-9/h8-9H,3-7H2,1-2H3,(H2,11,12,13).